The second kappa shape index (κ2) is 6.05. The Balaban J connectivity index is 1.65. The number of hydrogen-bond acceptors (Lipinski definition) is 4. The van der Waals surface area contributed by atoms with Crippen molar-refractivity contribution in [2.24, 2.45) is 5.16 Å². The number of halogens is 1. The zero-order chi connectivity index (χ0) is 14.7. The molecule has 1 unspecified atom stereocenters. The molecule has 106 valence electrons. The standard InChI is InChI=1S/C15H12BrN3O2/c16-11-5-3-4-10(8-11)12-9-13(21-19-12)15(20)18-14-6-1-2-7-17-14/h1-8,13H,9H2,(H,17,18,20). The third kappa shape index (κ3) is 3.28. The van der Waals surface area contributed by atoms with Crippen molar-refractivity contribution in [1.82, 2.24) is 4.98 Å². The van der Waals surface area contributed by atoms with Gasteiger partial charge in [-0.15, -0.1) is 0 Å². The molecule has 1 aromatic carbocycles. The number of oxime groups is 1. The lowest BCUT2D eigenvalue weighted by Gasteiger charge is -2.08. The van der Waals surface area contributed by atoms with E-state index in [4.69, 9.17) is 4.84 Å². The van der Waals surface area contributed by atoms with Crippen molar-refractivity contribution in [3.05, 3.63) is 58.7 Å². The summed E-state index contributed by atoms with van der Waals surface area (Å²) in [6, 6.07) is 13.1. The minimum absolute atomic E-state index is 0.248. The Hall–Kier alpha value is -2.21. The fourth-order valence-corrected chi connectivity index (χ4v) is 2.40. The molecule has 1 N–H and O–H groups in total. The van der Waals surface area contributed by atoms with Crippen LogP contribution in [0.5, 0.6) is 0 Å². The third-order valence-electron chi connectivity index (χ3n) is 3.04. The van der Waals surface area contributed by atoms with Crippen LogP contribution in [0, 0.1) is 0 Å². The van der Waals surface area contributed by atoms with Gasteiger partial charge in [-0.3, -0.25) is 4.79 Å². The number of carbonyl (C=O) groups excluding carboxylic acids is 1. The van der Waals surface area contributed by atoms with Gasteiger partial charge >= 0.3 is 0 Å². The molecular formula is C15H12BrN3O2. The molecule has 5 nitrogen and oxygen atoms in total. The van der Waals surface area contributed by atoms with Crippen LogP contribution in [-0.2, 0) is 9.63 Å². The molecule has 1 aliphatic rings. The van der Waals surface area contributed by atoms with E-state index in [1.807, 2.05) is 30.3 Å². The van der Waals surface area contributed by atoms with E-state index >= 15 is 0 Å². The maximum atomic E-state index is 12.1. The molecule has 21 heavy (non-hydrogen) atoms. The number of amides is 1. The zero-order valence-electron chi connectivity index (χ0n) is 11.0. The summed E-state index contributed by atoms with van der Waals surface area (Å²) in [6.07, 6.45) is 1.44. The van der Waals surface area contributed by atoms with Gasteiger partial charge < -0.3 is 10.2 Å². The smallest absolute Gasteiger partial charge is 0.269 e. The molecule has 1 atom stereocenters. The molecule has 0 aliphatic carbocycles. The van der Waals surface area contributed by atoms with E-state index in [2.05, 4.69) is 31.4 Å². The first-order valence-electron chi connectivity index (χ1n) is 6.43. The normalized spacial score (nSPS) is 17.0. The number of hydrogen-bond donors (Lipinski definition) is 1. The number of benzene rings is 1. The van der Waals surface area contributed by atoms with Crippen molar-refractivity contribution < 1.29 is 9.63 Å². The Bertz CT molecular complexity index is 688. The number of nitrogens with one attached hydrogen (secondary N) is 1. The number of nitrogens with zero attached hydrogens (tertiary/aromatic N) is 2. The van der Waals surface area contributed by atoms with E-state index in [0.717, 1.165) is 15.7 Å². The molecule has 6 heteroatoms. The molecule has 3 rings (SSSR count). The Labute approximate surface area is 130 Å². The minimum atomic E-state index is -0.624. The van der Waals surface area contributed by atoms with Crippen molar-refractivity contribution in [1.29, 1.82) is 0 Å². The third-order valence-corrected chi connectivity index (χ3v) is 3.53. The van der Waals surface area contributed by atoms with Crippen molar-refractivity contribution in [3.63, 3.8) is 0 Å². The van der Waals surface area contributed by atoms with E-state index < -0.39 is 6.10 Å². The summed E-state index contributed by atoms with van der Waals surface area (Å²) in [6.45, 7) is 0. The van der Waals surface area contributed by atoms with Crippen LogP contribution in [0.4, 0.5) is 5.82 Å². The molecule has 1 aliphatic heterocycles. The van der Waals surface area contributed by atoms with Gasteiger partial charge in [0.2, 0.25) is 6.10 Å². The number of aromatic nitrogens is 1. The SMILES string of the molecule is O=C(Nc1ccccn1)C1CC(c2cccc(Br)c2)=NO1. The van der Waals surface area contributed by atoms with Gasteiger partial charge in [0.1, 0.15) is 5.82 Å². The lowest BCUT2D eigenvalue weighted by atomic mass is 10.0. The summed E-state index contributed by atoms with van der Waals surface area (Å²) in [5.74, 6) is 0.254. The van der Waals surface area contributed by atoms with Crippen molar-refractivity contribution in [2.45, 2.75) is 12.5 Å². The predicted octanol–water partition coefficient (Wildman–Crippen LogP) is 2.98. The molecule has 0 radical (unpaired) electrons. The monoisotopic (exact) mass is 345 g/mol. The van der Waals surface area contributed by atoms with E-state index in [1.165, 1.54) is 0 Å². The number of carbonyl (C=O) groups is 1. The highest BCUT2D eigenvalue weighted by atomic mass is 79.9. The lowest BCUT2D eigenvalue weighted by molar-refractivity contribution is -0.125. The average Bonchev–Trinajstić information content (AvgIpc) is 2.98. The largest absolute Gasteiger partial charge is 0.382 e. The summed E-state index contributed by atoms with van der Waals surface area (Å²) in [5, 5.41) is 6.72. The van der Waals surface area contributed by atoms with Gasteiger partial charge in [0.25, 0.3) is 5.91 Å². The molecule has 0 spiro atoms. The van der Waals surface area contributed by atoms with Crippen LogP contribution in [0.25, 0.3) is 0 Å². The van der Waals surface area contributed by atoms with Crippen molar-refractivity contribution >= 4 is 33.4 Å². The van der Waals surface area contributed by atoms with Crippen LogP contribution in [-0.4, -0.2) is 22.7 Å². The van der Waals surface area contributed by atoms with E-state index in [9.17, 15) is 4.79 Å². The fourth-order valence-electron chi connectivity index (χ4n) is 2.00. The highest BCUT2D eigenvalue weighted by Crippen LogP contribution is 2.20. The summed E-state index contributed by atoms with van der Waals surface area (Å²) in [5.41, 5.74) is 1.70. The quantitative estimate of drug-likeness (QED) is 0.929. The molecule has 2 aromatic rings. The van der Waals surface area contributed by atoms with Crippen LogP contribution in [0.1, 0.15) is 12.0 Å². The fraction of sp³-hybridized carbons (Fsp3) is 0.133. The molecule has 0 fully saturated rings. The topological polar surface area (TPSA) is 63.6 Å². The number of anilines is 1. The Morgan fingerprint density at radius 1 is 1.29 bits per heavy atom. The first-order valence-corrected chi connectivity index (χ1v) is 7.22. The minimum Gasteiger partial charge on any atom is -0.382 e. The molecule has 0 saturated heterocycles. The second-order valence-electron chi connectivity index (χ2n) is 4.55. The lowest BCUT2D eigenvalue weighted by Crippen LogP contribution is -2.28. The second-order valence-corrected chi connectivity index (χ2v) is 5.47. The molecule has 0 bridgehead atoms. The van der Waals surface area contributed by atoms with E-state index in [0.29, 0.717) is 12.2 Å². The Kier molecular flexibility index (Phi) is 3.96. The van der Waals surface area contributed by atoms with E-state index in [1.54, 1.807) is 18.3 Å². The van der Waals surface area contributed by atoms with Gasteiger partial charge in [0.05, 0.1) is 5.71 Å². The van der Waals surface area contributed by atoms with Gasteiger partial charge in [-0.05, 0) is 24.3 Å². The summed E-state index contributed by atoms with van der Waals surface area (Å²) in [7, 11) is 0. The van der Waals surface area contributed by atoms with E-state index in [-0.39, 0.29) is 5.91 Å². The maximum absolute atomic E-state index is 12.1. The predicted molar refractivity (Wildman–Crippen MR) is 83.0 cm³/mol. The number of rotatable bonds is 3. The number of pyridine rings is 1. The molecule has 2 heterocycles. The van der Waals surface area contributed by atoms with Gasteiger partial charge in [-0.1, -0.05) is 39.3 Å². The van der Waals surface area contributed by atoms with Crippen molar-refractivity contribution in [2.75, 3.05) is 5.32 Å². The summed E-state index contributed by atoms with van der Waals surface area (Å²) >= 11 is 3.41. The maximum Gasteiger partial charge on any atom is 0.269 e. The van der Waals surface area contributed by atoms with Crippen LogP contribution >= 0.6 is 15.9 Å². The average molecular weight is 346 g/mol. The van der Waals surface area contributed by atoms with Crippen LogP contribution in [0.15, 0.2) is 58.3 Å². The van der Waals surface area contributed by atoms with Crippen LogP contribution in [0.3, 0.4) is 0 Å². The highest BCUT2D eigenvalue weighted by Gasteiger charge is 2.29. The van der Waals surface area contributed by atoms with Gasteiger partial charge in [0.15, 0.2) is 0 Å². The first kappa shape index (κ1) is 13.8. The zero-order valence-corrected chi connectivity index (χ0v) is 12.6. The van der Waals surface area contributed by atoms with Gasteiger partial charge in [0, 0.05) is 22.7 Å². The van der Waals surface area contributed by atoms with Crippen molar-refractivity contribution in [3.8, 4) is 0 Å². The van der Waals surface area contributed by atoms with Gasteiger partial charge in [-0.25, -0.2) is 4.98 Å². The first-order chi connectivity index (χ1) is 10.2. The molecule has 0 saturated carbocycles. The van der Waals surface area contributed by atoms with Crippen LogP contribution in [0.2, 0.25) is 0 Å². The summed E-state index contributed by atoms with van der Waals surface area (Å²) in [4.78, 5) is 21.4. The summed E-state index contributed by atoms with van der Waals surface area (Å²) < 4.78 is 0.962. The molecule has 1 amide bonds. The van der Waals surface area contributed by atoms with Crippen LogP contribution < -0.4 is 5.32 Å². The Morgan fingerprint density at radius 2 is 2.19 bits per heavy atom. The van der Waals surface area contributed by atoms with Gasteiger partial charge in [-0.2, -0.15) is 0 Å². The molecule has 1 aromatic heterocycles. The Morgan fingerprint density at radius 3 is 2.95 bits per heavy atom. The highest BCUT2D eigenvalue weighted by molar-refractivity contribution is 9.10. The molecular weight excluding hydrogens is 334 g/mol.